The first kappa shape index (κ1) is 21.8. The van der Waals surface area contributed by atoms with Gasteiger partial charge in [-0.05, 0) is 51.3 Å². The van der Waals surface area contributed by atoms with Crippen molar-refractivity contribution in [2.45, 2.75) is 25.4 Å². The SMILES string of the molecule is CN(Cc1cc(-c2ccccn2)sc1C=O)C(C=O)CCC=O.CNC. The number of aromatic nitrogens is 1. The van der Waals surface area contributed by atoms with Crippen LogP contribution >= 0.6 is 11.3 Å². The highest BCUT2D eigenvalue weighted by Gasteiger charge is 2.17. The van der Waals surface area contributed by atoms with Crippen LogP contribution in [0.5, 0.6) is 0 Å². The van der Waals surface area contributed by atoms with Crippen LogP contribution in [0.3, 0.4) is 0 Å². The van der Waals surface area contributed by atoms with Crippen molar-refractivity contribution in [1.82, 2.24) is 15.2 Å². The number of aldehydes is 3. The second-order valence-electron chi connectivity index (χ2n) is 5.70. The van der Waals surface area contributed by atoms with Crippen LogP contribution in [0.25, 0.3) is 10.6 Å². The van der Waals surface area contributed by atoms with E-state index in [1.807, 2.05) is 50.3 Å². The number of likely N-dealkylation sites (N-methyl/N-ethyl adjacent to an activating group) is 1. The van der Waals surface area contributed by atoms with Crippen LogP contribution < -0.4 is 5.32 Å². The van der Waals surface area contributed by atoms with Gasteiger partial charge >= 0.3 is 0 Å². The van der Waals surface area contributed by atoms with Crippen molar-refractivity contribution in [1.29, 1.82) is 0 Å². The van der Waals surface area contributed by atoms with E-state index in [1.165, 1.54) is 11.3 Å². The smallest absolute Gasteiger partial charge is 0.160 e. The Morgan fingerprint density at radius 3 is 2.54 bits per heavy atom. The Morgan fingerprint density at radius 2 is 2.00 bits per heavy atom. The first-order chi connectivity index (χ1) is 12.6. The second kappa shape index (κ2) is 12.2. The van der Waals surface area contributed by atoms with Gasteiger partial charge in [0.2, 0.25) is 0 Å². The van der Waals surface area contributed by atoms with Gasteiger partial charge in [-0.2, -0.15) is 0 Å². The molecule has 2 aromatic rings. The summed E-state index contributed by atoms with van der Waals surface area (Å²) in [5.74, 6) is 0. The van der Waals surface area contributed by atoms with Gasteiger partial charge in [0.05, 0.1) is 21.5 Å². The average molecular weight is 375 g/mol. The Morgan fingerprint density at radius 1 is 1.27 bits per heavy atom. The number of nitrogens with zero attached hydrogens (tertiary/aromatic N) is 2. The fourth-order valence-electron chi connectivity index (χ4n) is 2.32. The topological polar surface area (TPSA) is 79.4 Å². The molecule has 0 bridgehead atoms. The highest BCUT2D eigenvalue weighted by atomic mass is 32.1. The largest absolute Gasteiger partial charge is 0.323 e. The van der Waals surface area contributed by atoms with Gasteiger partial charge in [0.25, 0.3) is 0 Å². The van der Waals surface area contributed by atoms with E-state index in [0.717, 1.165) is 35.0 Å². The van der Waals surface area contributed by atoms with E-state index in [9.17, 15) is 14.4 Å². The van der Waals surface area contributed by atoms with E-state index < -0.39 is 0 Å². The lowest BCUT2D eigenvalue weighted by atomic mass is 10.1. The zero-order valence-electron chi connectivity index (χ0n) is 15.3. The van der Waals surface area contributed by atoms with Gasteiger partial charge in [-0.25, -0.2) is 0 Å². The van der Waals surface area contributed by atoms with E-state index >= 15 is 0 Å². The van der Waals surface area contributed by atoms with Gasteiger partial charge in [0, 0.05) is 19.2 Å². The zero-order chi connectivity index (χ0) is 19.4. The third-order valence-corrected chi connectivity index (χ3v) is 4.71. The number of thiophene rings is 1. The Labute approximate surface area is 158 Å². The maximum absolute atomic E-state index is 11.3. The van der Waals surface area contributed by atoms with Gasteiger partial charge in [0.15, 0.2) is 6.29 Å². The number of hydrogen-bond acceptors (Lipinski definition) is 7. The molecule has 6 nitrogen and oxygen atoms in total. The molecular formula is C19H25N3O3S. The molecule has 7 heteroatoms. The number of hydrogen-bond donors (Lipinski definition) is 1. The summed E-state index contributed by atoms with van der Waals surface area (Å²) in [5.41, 5.74) is 1.69. The summed E-state index contributed by atoms with van der Waals surface area (Å²) < 4.78 is 0. The van der Waals surface area contributed by atoms with Crippen LogP contribution in [0.1, 0.15) is 28.1 Å². The van der Waals surface area contributed by atoms with Crippen molar-refractivity contribution in [2.24, 2.45) is 0 Å². The van der Waals surface area contributed by atoms with Crippen molar-refractivity contribution < 1.29 is 14.4 Å². The fourth-order valence-corrected chi connectivity index (χ4v) is 3.28. The molecule has 2 rings (SSSR count). The molecule has 0 spiro atoms. The summed E-state index contributed by atoms with van der Waals surface area (Å²) in [6, 6.07) is 7.24. The van der Waals surface area contributed by atoms with Crippen molar-refractivity contribution in [2.75, 3.05) is 21.1 Å². The third kappa shape index (κ3) is 6.59. The second-order valence-corrected chi connectivity index (χ2v) is 6.78. The minimum absolute atomic E-state index is 0.335. The van der Waals surface area contributed by atoms with Crippen molar-refractivity contribution in [3.63, 3.8) is 0 Å². The molecule has 1 atom stereocenters. The Hall–Kier alpha value is -2.22. The van der Waals surface area contributed by atoms with Crippen LogP contribution in [0, 0.1) is 0 Å². The van der Waals surface area contributed by atoms with Crippen LogP contribution in [0.4, 0.5) is 0 Å². The molecule has 26 heavy (non-hydrogen) atoms. The Bertz CT molecular complexity index is 689. The molecule has 2 heterocycles. The lowest BCUT2D eigenvalue weighted by Crippen LogP contribution is -2.32. The third-order valence-electron chi connectivity index (χ3n) is 3.59. The number of rotatable bonds is 9. The molecule has 0 saturated carbocycles. The monoisotopic (exact) mass is 375 g/mol. The van der Waals surface area contributed by atoms with Gasteiger partial charge in [-0.3, -0.25) is 14.7 Å². The minimum atomic E-state index is -0.335. The van der Waals surface area contributed by atoms with Crippen molar-refractivity contribution >= 4 is 30.2 Å². The molecule has 0 fully saturated rings. The Kier molecular flexibility index (Phi) is 10.2. The highest BCUT2D eigenvalue weighted by Crippen LogP contribution is 2.30. The summed E-state index contributed by atoms with van der Waals surface area (Å²) in [4.78, 5) is 40.7. The lowest BCUT2D eigenvalue weighted by Gasteiger charge is -2.22. The molecule has 0 aliphatic heterocycles. The summed E-state index contributed by atoms with van der Waals surface area (Å²) in [5, 5.41) is 2.75. The quantitative estimate of drug-likeness (QED) is 0.678. The molecular weight excluding hydrogens is 350 g/mol. The van der Waals surface area contributed by atoms with Gasteiger partial charge in [0.1, 0.15) is 12.6 Å². The van der Waals surface area contributed by atoms with Crippen LogP contribution in [0.2, 0.25) is 0 Å². The molecule has 0 aliphatic rings. The van der Waals surface area contributed by atoms with Crippen molar-refractivity contribution in [3.05, 3.63) is 40.9 Å². The van der Waals surface area contributed by atoms with E-state index in [4.69, 9.17) is 0 Å². The normalized spacial score (nSPS) is 11.4. The number of carbonyl (C=O) groups excluding carboxylic acids is 3. The molecule has 0 saturated heterocycles. The lowest BCUT2D eigenvalue weighted by molar-refractivity contribution is -0.113. The maximum Gasteiger partial charge on any atom is 0.160 e. The molecule has 1 N–H and O–H groups in total. The molecule has 0 radical (unpaired) electrons. The van der Waals surface area contributed by atoms with E-state index in [2.05, 4.69) is 10.3 Å². The number of carbonyl (C=O) groups is 3. The van der Waals surface area contributed by atoms with E-state index in [1.54, 1.807) is 6.20 Å². The first-order valence-corrected chi connectivity index (χ1v) is 9.09. The number of nitrogens with one attached hydrogen (secondary N) is 1. The summed E-state index contributed by atoms with van der Waals surface area (Å²) in [7, 11) is 5.57. The predicted molar refractivity (Wildman–Crippen MR) is 105 cm³/mol. The standard InChI is InChI=1S/C17H18N2O3S.C2H7N/c1-19(14(11-21)5-4-8-20)10-13-9-16(23-17(13)12-22)15-6-2-3-7-18-15;1-3-2/h2-3,6-9,11-12,14H,4-5,10H2,1H3;3H,1-2H3. The van der Waals surface area contributed by atoms with Crippen LogP contribution in [-0.2, 0) is 16.1 Å². The van der Waals surface area contributed by atoms with Crippen molar-refractivity contribution in [3.8, 4) is 10.6 Å². The molecule has 0 aromatic carbocycles. The van der Waals surface area contributed by atoms with E-state index in [-0.39, 0.29) is 6.04 Å². The first-order valence-electron chi connectivity index (χ1n) is 8.28. The predicted octanol–water partition coefficient (Wildman–Crippen LogP) is 2.44. The molecule has 2 aromatic heterocycles. The van der Waals surface area contributed by atoms with Crippen LogP contribution in [-0.4, -0.2) is 55.9 Å². The van der Waals surface area contributed by atoms with Crippen LogP contribution in [0.15, 0.2) is 30.5 Å². The molecule has 0 aliphatic carbocycles. The summed E-state index contributed by atoms with van der Waals surface area (Å²) >= 11 is 1.39. The average Bonchev–Trinajstić information content (AvgIpc) is 3.06. The zero-order valence-corrected chi connectivity index (χ0v) is 16.2. The summed E-state index contributed by atoms with van der Waals surface area (Å²) in [6.45, 7) is 0.472. The molecule has 1 unspecified atom stereocenters. The summed E-state index contributed by atoms with van der Waals surface area (Å²) in [6.07, 6.45) is 5.03. The number of pyridine rings is 1. The molecule has 140 valence electrons. The molecule has 0 amide bonds. The van der Waals surface area contributed by atoms with Gasteiger partial charge in [-0.15, -0.1) is 11.3 Å². The van der Waals surface area contributed by atoms with E-state index in [0.29, 0.717) is 24.3 Å². The maximum atomic E-state index is 11.3. The minimum Gasteiger partial charge on any atom is -0.323 e. The van der Waals surface area contributed by atoms with Gasteiger partial charge in [-0.1, -0.05) is 6.07 Å². The Balaban J connectivity index is 0.00000105. The van der Waals surface area contributed by atoms with Gasteiger partial charge < -0.3 is 14.9 Å². The fraction of sp³-hybridized carbons (Fsp3) is 0.368. The highest BCUT2D eigenvalue weighted by molar-refractivity contribution is 7.17.